The Kier molecular flexibility index (Phi) is 5.39. The highest BCUT2D eigenvalue weighted by Gasteiger charge is 2.18. The van der Waals surface area contributed by atoms with Gasteiger partial charge in [-0.3, -0.25) is 0 Å². The minimum atomic E-state index is 1.23. The third-order valence-corrected chi connectivity index (χ3v) is 11.6. The fraction of sp³-hybridized carbons (Fsp3) is 0. The maximum atomic E-state index is 2.47. The number of rotatable bonds is 3. The standard InChI is InChI=1S/C42H25NS2/c1-2-10-26(11-3-1)27-20-22-37-34(24-27)30-12-4-6-17-36(30)43(37)38-18-9-16-33-35-25-28(21-23-40(35)45-42(33)38)29-14-8-15-32-31-13-5-7-19-39(31)44-41(29)32/h1-25H. The monoisotopic (exact) mass is 607 g/mol. The van der Waals surface area contributed by atoms with E-state index in [0.717, 1.165) is 0 Å². The molecule has 0 aliphatic rings. The zero-order valence-electron chi connectivity index (χ0n) is 24.2. The Bertz CT molecular complexity index is 2760. The molecule has 0 saturated heterocycles. The molecule has 3 heterocycles. The van der Waals surface area contributed by atoms with Crippen molar-refractivity contribution in [1.29, 1.82) is 0 Å². The Hall–Kier alpha value is -5.22. The fourth-order valence-corrected chi connectivity index (χ4v) is 9.57. The summed E-state index contributed by atoms with van der Waals surface area (Å²) in [6.45, 7) is 0. The van der Waals surface area contributed by atoms with Crippen molar-refractivity contribution in [3.8, 4) is 27.9 Å². The molecule has 10 rings (SSSR count). The molecular formula is C42H25NS2. The number of benzene rings is 7. The second-order valence-corrected chi connectivity index (χ2v) is 13.8. The largest absolute Gasteiger partial charge is 0.308 e. The van der Waals surface area contributed by atoms with Gasteiger partial charge >= 0.3 is 0 Å². The Labute approximate surface area is 267 Å². The first-order chi connectivity index (χ1) is 22.3. The van der Waals surface area contributed by atoms with Gasteiger partial charge in [-0.2, -0.15) is 0 Å². The van der Waals surface area contributed by atoms with Crippen LogP contribution in [0.5, 0.6) is 0 Å². The molecule has 0 amide bonds. The van der Waals surface area contributed by atoms with Crippen molar-refractivity contribution >= 4 is 84.8 Å². The quantitative estimate of drug-likeness (QED) is 0.188. The second kappa shape index (κ2) is 9.64. The first-order valence-electron chi connectivity index (χ1n) is 15.3. The van der Waals surface area contributed by atoms with Crippen LogP contribution in [0.25, 0.3) is 90.1 Å². The summed E-state index contributed by atoms with van der Waals surface area (Å²) < 4.78 is 7.80. The molecule has 7 aromatic carbocycles. The molecule has 0 atom stereocenters. The SMILES string of the molecule is c1ccc(-c2ccc3c(c2)c2ccccc2n3-c2cccc3c2sc2ccc(-c4cccc5c4sc4ccccc45)cc23)cc1. The summed E-state index contributed by atoms with van der Waals surface area (Å²) in [4.78, 5) is 0. The van der Waals surface area contributed by atoms with E-state index >= 15 is 0 Å². The van der Waals surface area contributed by atoms with Crippen molar-refractivity contribution in [3.63, 3.8) is 0 Å². The van der Waals surface area contributed by atoms with Crippen molar-refractivity contribution in [2.24, 2.45) is 0 Å². The Balaban J connectivity index is 1.19. The van der Waals surface area contributed by atoms with Gasteiger partial charge in [0.25, 0.3) is 0 Å². The van der Waals surface area contributed by atoms with E-state index in [1.54, 1.807) is 0 Å². The van der Waals surface area contributed by atoms with E-state index in [1.165, 1.54) is 90.1 Å². The summed E-state index contributed by atoms with van der Waals surface area (Å²) in [5.41, 5.74) is 8.77. The molecule has 0 bridgehead atoms. The number of para-hydroxylation sites is 1. The van der Waals surface area contributed by atoms with Crippen LogP contribution in [0.4, 0.5) is 0 Å². The summed E-state index contributed by atoms with van der Waals surface area (Å²) in [6, 6.07) is 55.8. The fourth-order valence-electron chi connectivity index (χ4n) is 7.14. The summed E-state index contributed by atoms with van der Waals surface area (Å²) in [5, 5.41) is 7.87. The van der Waals surface area contributed by atoms with E-state index < -0.39 is 0 Å². The van der Waals surface area contributed by atoms with Gasteiger partial charge in [0.05, 0.1) is 21.4 Å². The summed E-state index contributed by atoms with van der Waals surface area (Å²) in [6.07, 6.45) is 0. The van der Waals surface area contributed by atoms with E-state index in [-0.39, 0.29) is 0 Å². The topological polar surface area (TPSA) is 4.93 Å². The highest BCUT2D eigenvalue weighted by Crippen LogP contribution is 2.44. The highest BCUT2D eigenvalue weighted by atomic mass is 32.1. The van der Waals surface area contributed by atoms with Crippen LogP contribution in [0.2, 0.25) is 0 Å². The predicted molar refractivity (Wildman–Crippen MR) is 197 cm³/mol. The second-order valence-electron chi connectivity index (χ2n) is 11.7. The van der Waals surface area contributed by atoms with Crippen LogP contribution < -0.4 is 0 Å². The average molecular weight is 608 g/mol. The average Bonchev–Trinajstić information content (AvgIpc) is 3.78. The van der Waals surface area contributed by atoms with E-state index in [9.17, 15) is 0 Å². The molecule has 10 aromatic rings. The van der Waals surface area contributed by atoms with Gasteiger partial charge in [-0.25, -0.2) is 0 Å². The lowest BCUT2D eigenvalue weighted by atomic mass is 10.0. The molecule has 0 spiro atoms. The Morgan fingerprint density at radius 1 is 0.356 bits per heavy atom. The molecule has 0 radical (unpaired) electrons. The maximum Gasteiger partial charge on any atom is 0.0640 e. The van der Waals surface area contributed by atoms with Gasteiger partial charge in [-0.15, -0.1) is 22.7 Å². The molecule has 0 aliphatic heterocycles. The first kappa shape index (κ1) is 25.1. The highest BCUT2D eigenvalue weighted by molar-refractivity contribution is 7.26. The zero-order chi connectivity index (χ0) is 29.5. The van der Waals surface area contributed by atoms with Crippen LogP contribution in [0.3, 0.4) is 0 Å². The van der Waals surface area contributed by atoms with Crippen LogP contribution >= 0.6 is 22.7 Å². The maximum absolute atomic E-state index is 2.47. The number of fused-ring (bicyclic) bond motifs is 9. The van der Waals surface area contributed by atoms with E-state index in [0.29, 0.717) is 0 Å². The lowest BCUT2D eigenvalue weighted by Gasteiger charge is -2.10. The van der Waals surface area contributed by atoms with Gasteiger partial charge in [-0.05, 0) is 64.7 Å². The van der Waals surface area contributed by atoms with Crippen molar-refractivity contribution in [2.75, 3.05) is 0 Å². The number of hydrogen-bond acceptors (Lipinski definition) is 2. The van der Waals surface area contributed by atoms with Crippen LogP contribution in [-0.4, -0.2) is 4.57 Å². The number of nitrogens with zero attached hydrogens (tertiary/aromatic N) is 1. The summed E-state index contributed by atoms with van der Waals surface area (Å²) in [7, 11) is 0. The molecule has 0 aliphatic carbocycles. The number of hydrogen-bond donors (Lipinski definition) is 0. The van der Waals surface area contributed by atoms with Crippen molar-refractivity contribution in [3.05, 3.63) is 152 Å². The molecule has 45 heavy (non-hydrogen) atoms. The third-order valence-electron chi connectivity index (χ3n) is 9.21. The Morgan fingerprint density at radius 3 is 1.91 bits per heavy atom. The Morgan fingerprint density at radius 2 is 1.00 bits per heavy atom. The summed E-state index contributed by atoms with van der Waals surface area (Å²) in [5.74, 6) is 0. The lowest BCUT2D eigenvalue weighted by Crippen LogP contribution is -1.93. The zero-order valence-corrected chi connectivity index (χ0v) is 25.8. The predicted octanol–water partition coefficient (Wildman–Crippen LogP) is 12.9. The van der Waals surface area contributed by atoms with Crippen LogP contribution in [0.15, 0.2) is 152 Å². The molecule has 0 saturated carbocycles. The molecular weight excluding hydrogens is 583 g/mol. The lowest BCUT2D eigenvalue weighted by molar-refractivity contribution is 1.20. The molecule has 3 aromatic heterocycles. The van der Waals surface area contributed by atoms with E-state index in [4.69, 9.17) is 0 Å². The minimum Gasteiger partial charge on any atom is -0.308 e. The molecule has 1 nitrogen and oxygen atoms in total. The van der Waals surface area contributed by atoms with Crippen LogP contribution in [-0.2, 0) is 0 Å². The van der Waals surface area contributed by atoms with Crippen molar-refractivity contribution in [1.82, 2.24) is 4.57 Å². The number of aromatic nitrogens is 1. The van der Waals surface area contributed by atoms with Crippen LogP contribution in [0.1, 0.15) is 0 Å². The van der Waals surface area contributed by atoms with Gasteiger partial charge in [-0.1, -0.05) is 109 Å². The summed E-state index contributed by atoms with van der Waals surface area (Å²) >= 11 is 3.79. The van der Waals surface area contributed by atoms with Gasteiger partial charge < -0.3 is 4.57 Å². The van der Waals surface area contributed by atoms with Gasteiger partial charge in [0.2, 0.25) is 0 Å². The van der Waals surface area contributed by atoms with Gasteiger partial charge in [0.15, 0.2) is 0 Å². The molecule has 0 N–H and O–H groups in total. The number of thiophene rings is 2. The van der Waals surface area contributed by atoms with Crippen LogP contribution in [0, 0.1) is 0 Å². The minimum absolute atomic E-state index is 1.23. The normalized spacial score (nSPS) is 12.0. The van der Waals surface area contributed by atoms with Crippen molar-refractivity contribution < 1.29 is 0 Å². The third kappa shape index (κ3) is 3.72. The van der Waals surface area contributed by atoms with Crippen molar-refractivity contribution in [2.45, 2.75) is 0 Å². The molecule has 210 valence electrons. The molecule has 0 unspecified atom stereocenters. The van der Waals surface area contributed by atoms with Gasteiger partial charge in [0.1, 0.15) is 0 Å². The van der Waals surface area contributed by atoms with Gasteiger partial charge in [0, 0.05) is 46.4 Å². The van der Waals surface area contributed by atoms with E-state index in [1.807, 2.05) is 22.7 Å². The molecule has 3 heteroatoms. The smallest absolute Gasteiger partial charge is 0.0640 e. The molecule has 0 fully saturated rings. The first-order valence-corrected chi connectivity index (χ1v) is 16.9. The van der Waals surface area contributed by atoms with E-state index in [2.05, 4.69) is 156 Å².